The molecule has 8 nitrogen and oxygen atoms in total. The summed E-state index contributed by atoms with van der Waals surface area (Å²) in [6.45, 7) is 8.00. The molecule has 0 aliphatic carbocycles. The summed E-state index contributed by atoms with van der Waals surface area (Å²) in [6, 6.07) is 13.7. The van der Waals surface area contributed by atoms with Crippen LogP contribution in [0, 0.1) is 0 Å². The van der Waals surface area contributed by atoms with Gasteiger partial charge in [0.1, 0.15) is 23.0 Å². The van der Waals surface area contributed by atoms with Crippen LogP contribution in [0.15, 0.2) is 60.9 Å². The van der Waals surface area contributed by atoms with Crippen molar-refractivity contribution >= 4 is 15.7 Å². The molecular weight excluding hydrogens is 426 g/mol. The summed E-state index contributed by atoms with van der Waals surface area (Å²) >= 11 is 0. The van der Waals surface area contributed by atoms with E-state index in [0.29, 0.717) is 40.5 Å². The number of aromatic hydroxyl groups is 2. The van der Waals surface area contributed by atoms with Gasteiger partial charge >= 0.3 is 0 Å². The highest BCUT2D eigenvalue weighted by Gasteiger charge is 2.07. The molecule has 0 aliphatic rings. The van der Waals surface area contributed by atoms with Gasteiger partial charge in [0.25, 0.3) is 0 Å². The van der Waals surface area contributed by atoms with Crippen LogP contribution < -0.4 is 0 Å². The Hall–Kier alpha value is -3.81. The van der Waals surface area contributed by atoms with Gasteiger partial charge in [-0.2, -0.15) is 5.10 Å². The number of hydrogen-bond donors (Lipinski definition) is 2. The van der Waals surface area contributed by atoms with Crippen molar-refractivity contribution in [1.82, 2.24) is 30.4 Å². The number of nitrogens with zero attached hydrogens (tertiary/aromatic N) is 6. The molecule has 2 heterocycles. The van der Waals surface area contributed by atoms with Gasteiger partial charge in [-0.25, -0.2) is 9.97 Å². The van der Waals surface area contributed by atoms with Gasteiger partial charge in [-0.3, -0.25) is 0 Å². The number of hydrogen-bond acceptors (Lipinski definition) is 8. The van der Waals surface area contributed by atoms with E-state index in [1.807, 2.05) is 33.8 Å². The van der Waals surface area contributed by atoms with E-state index in [9.17, 15) is 10.2 Å². The highest BCUT2D eigenvalue weighted by atomic mass is 16.3. The second-order valence-corrected chi connectivity index (χ2v) is 5.98. The van der Waals surface area contributed by atoms with Crippen LogP contribution in [0.4, 0.5) is 0 Å². The topological polar surface area (TPSA) is 118 Å². The summed E-state index contributed by atoms with van der Waals surface area (Å²) in [7, 11) is 10.7. The predicted octanol–water partition coefficient (Wildman–Crippen LogP) is 3.88. The molecule has 0 saturated carbocycles. The van der Waals surface area contributed by atoms with Gasteiger partial charge in [-0.05, 0) is 36.9 Å². The van der Waals surface area contributed by atoms with Crippen LogP contribution >= 0.6 is 0 Å². The molecule has 2 aromatic carbocycles. The van der Waals surface area contributed by atoms with Gasteiger partial charge in [0.05, 0.1) is 39.3 Å². The third-order valence-corrected chi connectivity index (χ3v) is 3.93. The van der Waals surface area contributed by atoms with Crippen LogP contribution in [0.1, 0.15) is 39.2 Å². The molecule has 0 unspecified atom stereocenters. The lowest BCUT2D eigenvalue weighted by Gasteiger charge is -2.02. The van der Waals surface area contributed by atoms with E-state index >= 15 is 0 Å². The molecule has 10 heteroatoms. The Balaban J connectivity index is 0.000000297. The SMILES string of the molecule is CC.CC.[B]Cc1cnc(-c2ccccc2O)nn1.[B]Cc1ncc(-c2ccccc2O)nn1. The van der Waals surface area contributed by atoms with Crippen molar-refractivity contribution in [2.24, 2.45) is 0 Å². The van der Waals surface area contributed by atoms with Crippen molar-refractivity contribution in [1.29, 1.82) is 0 Å². The van der Waals surface area contributed by atoms with Crippen LogP contribution in [-0.4, -0.2) is 56.3 Å². The Bertz CT molecular complexity index is 1010. The maximum absolute atomic E-state index is 9.57. The van der Waals surface area contributed by atoms with Crippen molar-refractivity contribution in [2.45, 2.75) is 40.3 Å². The molecule has 0 fully saturated rings. The zero-order chi connectivity index (χ0) is 25.3. The van der Waals surface area contributed by atoms with E-state index in [2.05, 4.69) is 30.4 Å². The number of benzene rings is 2. The fourth-order valence-corrected chi connectivity index (χ4v) is 2.38. The lowest BCUT2D eigenvalue weighted by molar-refractivity contribution is 0.476. The number of aromatic nitrogens is 6. The predicted molar refractivity (Wildman–Crippen MR) is 135 cm³/mol. The first-order chi connectivity index (χ1) is 16.6. The molecule has 0 bridgehead atoms. The first-order valence-electron chi connectivity index (χ1n) is 11.0. The molecule has 2 aromatic heterocycles. The minimum Gasteiger partial charge on any atom is -0.507 e. The van der Waals surface area contributed by atoms with Gasteiger partial charge in [-0.1, -0.05) is 52.0 Å². The van der Waals surface area contributed by atoms with E-state index in [1.54, 1.807) is 54.9 Å². The molecule has 0 aliphatic heterocycles. The Morgan fingerprint density at radius 2 is 1.24 bits per heavy atom. The van der Waals surface area contributed by atoms with Crippen LogP contribution in [0.25, 0.3) is 22.6 Å². The zero-order valence-electron chi connectivity index (χ0n) is 19.9. The molecule has 2 N–H and O–H groups in total. The zero-order valence-corrected chi connectivity index (χ0v) is 19.9. The number of rotatable bonds is 4. The molecule has 0 amide bonds. The Morgan fingerprint density at radius 3 is 1.68 bits per heavy atom. The third-order valence-electron chi connectivity index (χ3n) is 3.93. The normalized spacial score (nSPS) is 9.29. The fraction of sp³-hybridized carbons (Fsp3) is 0.250. The molecule has 4 aromatic rings. The lowest BCUT2D eigenvalue weighted by atomic mass is 10.0. The minimum atomic E-state index is 0.139. The number of phenolic OH excluding ortho intramolecular Hbond substituents is 2. The van der Waals surface area contributed by atoms with E-state index in [0.717, 1.165) is 0 Å². The number of para-hydroxylation sites is 2. The van der Waals surface area contributed by atoms with Crippen molar-refractivity contribution in [2.75, 3.05) is 0 Å². The third kappa shape index (κ3) is 8.27. The second-order valence-electron chi connectivity index (χ2n) is 5.98. The number of phenols is 2. The summed E-state index contributed by atoms with van der Waals surface area (Å²) in [6.07, 6.45) is 3.66. The van der Waals surface area contributed by atoms with Crippen molar-refractivity contribution < 1.29 is 10.2 Å². The monoisotopic (exact) mass is 454 g/mol. The first-order valence-corrected chi connectivity index (χ1v) is 11.0. The van der Waals surface area contributed by atoms with Crippen LogP contribution in [0.3, 0.4) is 0 Å². The molecule has 4 radical (unpaired) electrons. The quantitative estimate of drug-likeness (QED) is 0.447. The molecule has 0 saturated heterocycles. The van der Waals surface area contributed by atoms with E-state index < -0.39 is 0 Å². The largest absolute Gasteiger partial charge is 0.507 e. The fourth-order valence-electron chi connectivity index (χ4n) is 2.38. The van der Waals surface area contributed by atoms with Gasteiger partial charge in [0, 0.05) is 5.56 Å². The summed E-state index contributed by atoms with van der Waals surface area (Å²) in [5, 5.41) is 34.6. The summed E-state index contributed by atoms with van der Waals surface area (Å²) in [5.74, 6) is 1.17. The van der Waals surface area contributed by atoms with Crippen LogP contribution in [0.2, 0.25) is 0 Å². The Morgan fingerprint density at radius 1 is 0.647 bits per heavy atom. The van der Waals surface area contributed by atoms with Crippen molar-refractivity contribution in [3.8, 4) is 34.1 Å². The molecule has 34 heavy (non-hydrogen) atoms. The lowest BCUT2D eigenvalue weighted by Crippen LogP contribution is -1.98. The van der Waals surface area contributed by atoms with Crippen LogP contribution in [-0.2, 0) is 12.6 Å². The highest BCUT2D eigenvalue weighted by molar-refractivity contribution is 6.08. The smallest absolute Gasteiger partial charge is 0.185 e. The van der Waals surface area contributed by atoms with Gasteiger partial charge in [-0.15, -0.1) is 15.3 Å². The average molecular weight is 454 g/mol. The highest BCUT2D eigenvalue weighted by Crippen LogP contribution is 2.26. The summed E-state index contributed by atoms with van der Waals surface area (Å²) in [4.78, 5) is 8.07. The maximum atomic E-state index is 9.57. The first kappa shape index (κ1) is 28.2. The van der Waals surface area contributed by atoms with E-state index in [4.69, 9.17) is 15.7 Å². The summed E-state index contributed by atoms with van der Waals surface area (Å²) < 4.78 is 0. The molecule has 172 valence electrons. The van der Waals surface area contributed by atoms with E-state index in [1.165, 1.54) is 0 Å². The molecule has 0 spiro atoms. The van der Waals surface area contributed by atoms with Gasteiger partial charge in [0.15, 0.2) is 5.82 Å². The molecule has 0 atom stereocenters. The minimum absolute atomic E-state index is 0.139. The van der Waals surface area contributed by atoms with Gasteiger partial charge < -0.3 is 10.2 Å². The molecular formula is C24H28B2N6O2. The van der Waals surface area contributed by atoms with Gasteiger partial charge in [0.2, 0.25) is 0 Å². The Labute approximate surface area is 203 Å². The Kier molecular flexibility index (Phi) is 13.2. The average Bonchev–Trinajstić information content (AvgIpc) is 2.92. The standard InChI is InChI=1S/2C10H8BN3O.2C2H6/c11-5-7-6-12-10(14-13-7)8-3-1-2-4-9(8)15;11-5-10-12-6-8(13-14-10)7-3-1-2-4-9(7)15;2*1-2/h2*1-4,6,15H,5H2;2*1-2H3. The van der Waals surface area contributed by atoms with E-state index in [-0.39, 0.29) is 17.8 Å². The summed E-state index contributed by atoms with van der Waals surface area (Å²) in [5.41, 5.74) is 2.33. The van der Waals surface area contributed by atoms with Crippen LogP contribution in [0.5, 0.6) is 11.5 Å². The molecule has 4 rings (SSSR count). The van der Waals surface area contributed by atoms with Crippen molar-refractivity contribution in [3.05, 3.63) is 72.4 Å². The second kappa shape index (κ2) is 15.9. The van der Waals surface area contributed by atoms with Crippen molar-refractivity contribution in [3.63, 3.8) is 0 Å². The maximum Gasteiger partial charge on any atom is 0.185 e.